The Morgan fingerprint density at radius 2 is 1.80 bits per heavy atom. The number of hydrogen-bond donors (Lipinski definition) is 2. The maximum absolute atomic E-state index is 13.7. The molecule has 0 aliphatic rings. The molecule has 1 heterocycles. The van der Waals surface area contributed by atoms with Gasteiger partial charge in [0, 0.05) is 18.8 Å². The zero-order valence-corrected chi connectivity index (χ0v) is 11.5. The van der Waals surface area contributed by atoms with Crippen LogP contribution in [0.15, 0.2) is 23.1 Å². The quantitative estimate of drug-likeness (QED) is 0.838. The highest BCUT2D eigenvalue weighted by molar-refractivity contribution is 7.92. The van der Waals surface area contributed by atoms with Gasteiger partial charge < -0.3 is 5.73 Å². The number of benzene rings is 1. The average Bonchev–Trinajstić information content (AvgIpc) is 2.53. The van der Waals surface area contributed by atoms with Crippen LogP contribution in [0.2, 0.25) is 0 Å². The van der Waals surface area contributed by atoms with Gasteiger partial charge in [-0.15, -0.1) is 0 Å². The van der Waals surface area contributed by atoms with E-state index in [1.807, 2.05) is 0 Å². The summed E-state index contributed by atoms with van der Waals surface area (Å²) in [5.74, 6) is -2.42. The third-order valence-electron chi connectivity index (χ3n) is 2.53. The van der Waals surface area contributed by atoms with Crippen LogP contribution in [-0.4, -0.2) is 18.2 Å². The van der Waals surface area contributed by atoms with E-state index in [9.17, 15) is 17.2 Å². The lowest BCUT2D eigenvalue weighted by Gasteiger charge is -2.10. The maximum atomic E-state index is 13.7. The van der Waals surface area contributed by atoms with Gasteiger partial charge in [-0.2, -0.15) is 5.10 Å². The molecular formula is C11H12F2N4O2S. The fraction of sp³-hybridized carbons (Fsp3) is 0.182. The van der Waals surface area contributed by atoms with E-state index in [4.69, 9.17) is 5.73 Å². The van der Waals surface area contributed by atoms with E-state index < -0.39 is 26.6 Å². The monoisotopic (exact) mass is 302 g/mol. The molecule has 2 rings (SSSR count). The predicted molar refractivity (Wildman–Crippen MR) is 69.5 cm³/mol. The molecule has 20 heavy (non-hydrogen) atoms. The van der Waals surface area contributed by atoms with Crippen LogP contribution < -0.4 is 10.5 Å². The number of hydrogen-bond acceptors (Lipinski definition) is 4. The van der Waals surface area contributed by atoms with Crippen molar-refractivity contribution < 1.29 is 17.2 Å². The van der Waals surface area contributed by atoms with Crippen molar-refractivity contribution in [2.75, 3.05) is 10.5 Å². The molecule has 0 spiro atoms. The highest BCUT2D eigenvalue weighted by atomic mass is 32.2. The van der Waals surface area contributed by atoms with Gasteiger partial charge in [-0.05, 0) is 19.1 Å². The molecule has 9 heteroatoms. The third kappa shape index (κ3) is 2.57. The number of anilines is 2. The standard InChI is InChI=1S/C11H12F2N4O2S/c1-6-3-10(17(2)15-6)16-20(18,19)11-8(12)4-7(14)5-9(11)13/h3-5,16H,14H2,1-2H3. The zero-order chi connectivity index (χ0) is 15.1. The number of sulfonamides is 1. The Hall–Kier alpha value is -2.16. The Bertz CT molecular complexity index is 748. The van der Waals surface area contributed by atoms with E-state index >= 15 is 0 Å². The Kier molecular flexibility index (Phi) is 3.38. The van der Waals surface area contributed by atoms with Gasteiger partial charge in [0.05, 0.1) is 5.69 Å². The number of aromatic nitrogens is 2. The van der Waals surface area contributed by atoms with Gasteiger partial charge in [0.25, 0.3) is 10.0 Å². The first kappa shape index (κ1) is 14.3. The van der Waals surface area contributed by atoms with Crippen LogP contribution in [0.3, 0.4) is 0 Å². The fourth-order valence-electron chi connectivity index (χ4n) is 1.73. The molecular weight excluding hydrogens is 290 g/mol. The highest BCUT2D eigenvalue weighted by Crippen LogP contribution is 2.24. The van der Waals surface area contributed by atoms with Crippen LogP contribution in [0.25, 0.3) is 0 Å². The molecule has 0 aliphatic carbocycles. The van der Waals surface area contributed by atoms with E-state index in [0.29, 0.717) is 5.69 Å². The molecule has 0 aliphatic heterocycles. The van der Waals surface area contributed by atoms with Crippen molar-refractivity contribution in [2.45, 2.75) is 11.8 Å². The molecule has 6 nitrogen and oxygen atoms in total. The van der Waals surface area contributed by atoms with Crippen molar-refractivity contribution in [1.29, 1.82) is 0 Å². The lowest BCUT2D eigenvalue weighted by atomic mass is 10.3. The Morgan fingerprint density at radius 3 is 2.25 bits per heavy atom. The summed E-state index contributed by atoms with van der Waals surface area (Å²) in [7, 11) is -2.92. The zero-order valence-electron chi connectivity index (χ0n) is 10.7. The van der Waals surface area contributed by atoms with E-state index in [-0.39, 0.29) is 11.5 Å². The molecule has 3 N–H and O–H groups in total. The molecule has 0 saturated carbocycles. The second-order valence-corrected chi connectivity index (χ2v) is 5.83. The molecule has 0 fully saturated rings. The van der Waals surface area contributed by atoms with Crippen molar-refractivity contribution in [3.8, 4) is 0 Å². The first-order chi connectivity index (χ1) is 9.20. The minimum absolute atomic E-state index is 0.0955. The second-order valence-electron chi connectivity index (χ2n) is 4.21. The first-order valence-electron chi connectivity index (χ1n) is 5.48. The van der Waals surface area contributed by atoms with Gasteiger partial charge in [0.1, 0.15) is 17.5 Å². The summed E-state index contributed by atoms with van der Waals surface area (Å²) < 4.78 is 54.7. The smallest absolute Gasteiger partial charge is 0.268 e. The van der Waals surface area contributed by atoms with Crippen LogP contribution in [0, 0.1) is 18.6 Å². The molecule has 0 amide bonds. The van der Waals surface area contributed by atoms with Crippen molar-refractivity contribution in [2.24, 2.45) is 7.05 Å². The van der Waals surface area contributed by atoms with Gasteiger partial charge in [-0.1, -0.05) is 0 Å². The molecule has 1 aromatic carbocycles. The Morgan fingerprint density at radius 1 is 1.25 bits per heavy atom. The molecule has 0 bridgehead atoms. The van der Waals surface area contributed by atoms with Gasteiger partial charge >= 0.3 is 0 Å². The minimum atomic E-state index is -4.42. The number of nitrogens with two attached hydrogens (primary N) is 1. The number of nitrogens with zero attached hydrogens (tertiary/aromatic N) is 2. The Balaban J connectivity index is 2.49. The highest BCUT2D eigenvalue weighted by Gasteiger charge is 2.25. The first-order valence-corrected chi connectivity index (χ1v) is 6.97. The van der Waals surface area contributed by atoms with Crippen LogP contribution >= 0.6 is 0 Å². The fourth-order valence-corrected chi connectivity index (χ4v) is 2.93. The van der Waals surface area contributed by atoms with Crippen LogP contribution in [-0.2, 0) is 17.1 Å². The number of rotatable bonds is 3. The van der Waals surface area contributed by atoms with Crippen molar-refractivity contribution in [3.05, 3.63) is 35.5 Å². The van der Waals surface area contributed by atoms with Crippen molar-refractivity contribution >= 4 is 21.5 Å². The molecule has 2 aromatic rings. The summed E-state index contributed by atoms with van der Waals surface area (Å²) in [6.07, 6.45) is 0. The third-order valence-corrected chi connectivity index (χ3v) is 3.94. The van der Waals surface area contributed by atoms with Crippen molar-refractivity contribution in [1.82, 2.24) is 9.78 Å². The van der Waals surface area contributed by atoms with Gasteiger partial charge in [0.15, 0.2) is 4.90 Å². The number of nitrogen functional groups attached to an aromatic ring is 1. The molecule has 108 valence electrons. The summed E-state index contributed by atoms with van der Waals surface area (Å²) in [6.45, 7) is 1.65. The van der Waals surface area contributed by atoms with Crippen LogP contribution in [0.5, 0.6) is 0 Å². The number of aryl methyl sites for hydroxylation is 2. The average molecular weight is 302 g/mol. The molecule has 0 saturated heterocycles. The molecule has 0 unspecified atom stereocenters. The van der Waals surface area contributed by atoms with Gasteiger partial charge in [0.2, 0.25) is 0 Å². The molecule has 0 atom stereocenters. The van der Waals surface area contributed by atoms with E-state index in [1.54, 1.807) is 6.92 Å². The SMILES string of the molecule is Cc1cc(NS(=O)(=O)c2c(F)cc(N)cc2F)n(C)n1. The minimum Gasteiger partial charge on any atom is -0.399 e. The Labute approximate surface area is 114 Å². The number of nitrogens with one attached hydrogen (secondary N) is 1. The van der Waals surface area contributed by atoms with E-state index in [0.717, 1.165) is 12.1 Å². The van der Waals surface area contributed by atoms with E-state index in [1.165, 1.54) is 17.8 Å². The van der Waals surface area contributed by atoms with Crippen molar-refractivity contribution in [3.63, 3.8) is 0 Å². The largest absolute Gasteiger partial charge is 0.399 e. The second kappa shape index (κ2) is 4.75. The predicted octanol–water partition coefficient (Wildman–Crippen LogP) is 1.39. The maximum Gasteiger partial charge on any atom is 0.268 e. The summed E-state index contributed by atoms with van der Waals surface area (Å²) in [4.78, 5) is -1.08. The summed E-state index contributed by atoms with van der Waals surface area (Å²) in [6, 6.07) is 2.92. The normalized spacial score (nSPS) is 11.6. The lowest BCUT2D eigenvalue weighted by Crippen LogP contribution is -2.18. The lowest BCUT2D eigenvalue weighted by molar-refractivity contribution is 0.522. The van der Waals surface area contributed by atoms with Gasteiger partial charge in [-0.3, -0.25) is 9.40 Å². The molecule has 1 aromatic heterocycles. The van der Waals surface area contributed by atoms with Crippen LogP contribution in [0.4, 0.5) is 20.3 Å². The summed E-state index contributed by atoms with van der Waals surface area (Å²) in [5.41, 5.74) is 5.60. The number of halogens is 2. The summed E-state index contributed by atoms with van der Waals surface area (Å²) in [5, 5.41) is 3.93. The van der Waals surface area contributed by atoms with E-state index in [2.05, 4.69) is 9.82 Å². The van der Waals surface area contributed by atoms with Crippen LogP contribution in [0.1, 0.15) is 5.69 Å². The molecule has 0 radical (unpaired) electrons. The summed E-state index contributed by atoms with van der Waals surface area (Å²) >= 11 is 0. The topological polar surface area (TPSA) is 90.0 Å². The van der Waals surface area contributed by atoms with Gasteiger partial charge in [-0.25, -0.2) is 17.2 Å².